The molecule has 1 aliphatic heterocycles. The van der Waals surface area contributed by atoms with Crippen molar-refractivity contribution < 1.29 is 5.03 Å². The van der Waals surface area contributed by atoms with E-state index < -0.39 is 5.03 Å². The fourth-order valence-corrected chi connectivity index (χ4v) is 1.57. The zero-order chi connectivity index (χ0) is 12.3. The van der Waals surface area contributed by atoms with E-state index in [0.717, 1.165) is 5.69 Å². The first-order valence-corrected chi connectivity index (χ1v) is 5.24. The summed E-state index contributed by atoms with van der Waals surface area (Å²) in [5.74, 6) is 0.167. The molecular weight excluding hydrogens is 246 g/mol. The van der Waals surface area contributed by atoms with Crippen LogP contribution in [0.4, 0.5) is 5.69 Å². The molecule has 1 aromatic carbocycles. The van der Waals surface area contributed by atoms with Gasteiger partial charge in [0.1, 0.15) is 5.10 Å². The molecule has 90 valence electrons. The predicted octanol–water partition coefficient (Wildman–Crippen LogP) is 0.802. The number of hydrazone groups is 1. The summed E-state index contributed by atoms with van der Waals surface area (Å²) in [7, 11) is 0. The van der Waals surface area contributed by atoms with Crippen LogP contribution in [-0.4, -0.2) is 24.3 Å². The SMILES string of the molecule is O=[N+]([O-])N=C1NCN(c2ccc(Cl)cc2)CN1. The van der Waals surface area contributed by atoms with Crippen LogP contribution in [0.5, 0.6) is 0 Å². The second kappa shape index (κ2) is 4.88. The number of hydrogen-bond donors (Lipinski definition) is 2. The Morgan fingerprint density at radius 2 is 1.88 bits per heavy atom. The lowest BCUT2D eigenvalue weighted by atomic mass is 10.3. The summed E-state index contributed by atoms with van der Waals surface area (Å²) >= 11 is 5.79. The molecule has 0 saturated carbocycles. The lowest BCUT2D eigenvalue weighted by Crippen LogP contribution is -2.55. The smallest absolute Gasteiger partial charge is 0.271 e. The molecule has 8 heteroatoms. The molecule has 1 aromatic rings. The first kappa shape index (κ1) is 11.5. The Labute approximate surface area is 102 Å². The number of rotatable bonds is 2. The van der Waals surface area contributed by atoms with Crippen molar-refractivity contribution in [1.29, 1.82) is 0 Å². The monoisotopic (exact) mass is 255 g/mol. The van der Waals surface area contributed by atoms with Crippen LogP contribution in [0.3, 0.4) is 0 Å². The van der Waals surface area contributed by atoms with Crippen LogP contribution in [0.1, 0.15) is 0 Å². The molecule has 0 amide bonds. The molecule has 2 rings (SSSR count). The van der Waals surface area contributed by atoms with Gasteiger partial charge in [0.05, 0.1) is 13.3 Å². The molecule has 0 unspecified atom stereocenters. The lowest BCUT2D eigenvalue weighted by Gasteiger charge is -2.30. The third-order valence-corrected chi connectivity index (χ3v) is 2.50. The molecule has 0 bridgehead atoms. The Hall–Kier alpha value is -2.02. The van der Waals surface area contributed by atoms with E-state index in [9.17, 15) is 10.1 Å². The van der Waals surface area contributed by atoms with Crippen LogP contribution < -0.4 is 15.5 Å². The van der Waals surface area contributed by atoms with Crippen LogP contribution in [-0.2, 0) is 0 Å². The van der Waals surface area contributed by atoms with Crippen molar-refractivity contribution >= 4 is 23.2 Å². The third kappa shape index (κ3) is 2.97. The normalized spacial score (nSPS) is 14.9. The number of halogens is 1. The van der Waals surface area contributed by atoms with E-state index >= 15 is 0 Å². The lowest BCUT2D eigenvalue weighted by molar-refractivity contribution is -0.485. The van der Waals surface area contributed by atoms with Crippen LogP contribution >= 0.6 is 11.6 Å². The number of nitro groups is 1. The molecule has 1 saturated heterocycles. The molecule has 0 aliphatic carbocycles. The minimum atomic E-state index is -0.743. The van der Waals surface area contributed by atoms with Crippen molar-refractivity contribution in [3.05, 3.63) is 39.4 Å². The number of nitrogens with zero attached hydrogens (tertiary/aromatic N) is 3. The third-order valence-electron chi connectivity index (χ3n) is 2.25. The molecule has 0 spiro atoms. The fourth-order valence-electron chi connectivity index (χ4n) is 1.45. The van der Waals surface area contributed by atoms with Gasteiger partial charge in [-0.25, -0.2) is 10.1 Å². The standard InChI is InChI=1S/C9H10ClN5O2/c10-7-1-3-8(4-2-7)14-5-11-9(12-6-14)13-15(16)17/h1-4H,5-6H2,(H2,11,12,13). The Morgan fingerprint density at radius 1 is 1.29 bits per heavy atom. The predicted molar refractivity (Wildman–Crippen MR) is 64.4 cm³/mol. The van der Waals surface area contributed by atoms with Crippen molar-refractivity contribution in [2.24, 2.45) is 5.10 Å². The summed E-state index contributed by atoms with van der Waals surface area (Å²) in [5, 5.41) is 18.8. The van der Waals surface area contributed by atoms with Gasteiger partial charge in [-0.1, -0.05) is 11.6 Å². The summed E-state index contributed by atoms with van der Waals surface area (Å²) < 4.78 is 0. The molecule has 0 radical (unpaired) electrons. The summed E-state index contributed by atoms with van der Waals surface area (Å²) in [6.07, 6.45) is 0. The molecule has 1 fully saturated rings. The van der Waals surface area contributed by atoms with Gasteiger partial charge >= 0.3 is 0 Å². The van der Waals surface area contributed by atoms with Gasteiger partial charge in [-0.05, 0) is 24.3 Å². The fraction of sp³-hybridized carbons (Fsp3) is 0.222. The van der Waals surface area contributed by atoms with Crippen molar-refractivity contribution in [1.82, 2.24) is 10.6 Å². The minimum absolute atomic E-state index is 0.167. The molecular formula is C9H10ClN5O2. The zero-order valence-corrected chi connectivity index (χ0v) is 9.52. The summed E-state index contributed by atoms with van der Waals surface area (Å²) in [4.78, 5) is 12.1. The van der Waals surface area contributed by atoms with Gasteiger partial charge in [0.15, 0.2) is 5.03 Å². The van der Waals surface area contributed by atoms with Crippen molar-refractivity contribution in [2.75, 3.05) is 18.2 Å². The van der Waals surface area contributed by atoms with Gasteiger partial charge in [-0.3, -0.25) is 0 Å². The summed E-state index contributed by atoms with van der Waals surface area (Å²) in [5.41, 5.74) is 0.967. The number of hydrogen-bond acceptors (Lipinski definition) is 3. The molecule has 1 aliphatic rings. The van der Waals surface area contributed by atoms with E-state index in [1.807, 2.05) is 17.0 Å². The van der Waals surface area contributed by atoms with E-state index in [2.05, 4.69) is 15.7 Å². The van der Waals surface area contributed by atoms with E-state index in [4.69, 9.17) is 11.6 Å². The van der Waals surface area contributed by atoms with Gasteiger partial charge in [0.2, 0.25) is 0 Å². The van der Waals surface area contributed by atoms with Gasteiger partial charge in [-0.2, -0.15) is 0 Å². The molecule has 1 heterocycles. The summed E-state index contributed by atoms with van der Waals surface area (Å²) in [6, 6.07) is 7.33. The van der Waals surface area contributed by atoms with E-state index in [1.54, 1.807) is 12.1 Å². The Balaban J connectivity index is 1.99. The van der Waals surface area contributed by atoms with E-state index in [-0.39, 0.29) is 5.96 Å². The van der Waals surface area contributed by atoms with E-state index in [0.29, 0.717) is 18.4 Å². The highest BCUT2D eigenvalue weighted by Crippen LogP contribution is 2.17. The first-order chi connectivity index (χ1) is 8.15. The highest BCUT2D eigenvalue weighted by atomic mass is 35.5. The molecule has 2 N–H and O–H groups in total. The van der Waals surface area contributed by atoms with Crippen LogP contribution in [0.25, 0.3) is 0 Å². The van der Waals surface area contributed by atoms with Gasteiger partial charge < -0.3 is 15.5 Å². The average Bonchev–Trinajstić information content (AvgIpc) is 2.30. The maximum Gasteiger partial charge on any atom is 0.271 e. The van der Waals surface area contributed by atoms with Crippen LogP contribution in [0.2, 0.25) is 5.02 Å². The number of guanidine groups is 1. The van der Waals surface area contributed by atoms with Gasteiger partial charge in [-0.15, -0.1) is 0 Å². The largest absolute Gasteiger partial charge is 0.336 e. The van der Waals surface area contributed by atoms with Crippen molar-refractivity contribution in [3.63, 3.8) is 0 Å². The second-order valence-electron chi connectivity index (χ2n) is 3.37. The van der Waals surface area contributed by atoms with Crippen LogP contribution in [0.15, 0.2) is 29.4 Å². The number of benzene rings is 1. The highest BCUT2D eigenvalue weighted by Gasteiger charge is 2.15. The van der Waals surface area contributed by atoms with E-state index in [1.165, 1.54) is 0 Å². The summed E-state index contributed by atoms with van der Waals surface area (Å²) in [6.45, 7) is 0.891. The minimum Gasteiger partial charge on any atom is -0.336 e. The maximum atomic E-state index is 10.2. The second-order valence-corrected chi connectivity index (χ2v) is 3.81. The highest BCUT2D eigenvalue weighted by molar-refractivity contribution is 6.30. The maximum absolute atomic E-state index is 10.2. The van der Waals surface area contributed by atoms with Crippen molar-refractivity contribution in [3.8, 4) is 0 Å². The molecule has 7 nitrogen and oxygen atoms in total. The molecule has 0 aromatic heterocycles. The molecule has 0 atom stereocenters. The Bertz CT molecular complexity index is 437. The van der Waals surface area contributed by atoms with Gasteiger partial charge in [0, 0.05) is 10.7 Å². The average molecular weight is 256 g/mol. The number of anilines is 1. The first-order valence-electron chi connectivity index (χ1n) is 4.86. The quantitative estimate of drug-likeness (QED) is 0.603. The Kier molecular flexibility index (Phi) is 3.29. The number of nitrogens with one attached hydrogen (secondary N) is 2. The van der Waals surface area contributed by atoms with Gasteiger partial charge in [0.25, 0.3) is 5.96 Å². The van der Waals surface area contributed by atoms with Crippen LogP contribution in [0, 0.1) is 10.1 Å². The molecule has 17 heavy (non-hydrogen) atoms. The Morgan fingerprint density at radius 3 is 2.41 bits per heavy atom. The topological polar surface area (TPSA) is 82.8 Å². The zero-order valence-electron chi connectivity index (χ0n) is 8.76. The van der Waals surface area contributed by atoms with Crippen molar-refractivity contribution in [2.45, 2.75) is 0 Å².